The SMILES string of the molecule is Cc1cc(Nc2ncc(Cc3cccc(C(F)(F)F)c3)s2)nc(C2CCCN2)n1. The van der Waals surface area contributed by atoms with E-state index in [0.717, 1.165) is 41.8 Å². The molecule has 9 heteroatoms. The molecule has 152 valence electrons. The van der Waals surface area contributed by atoms with Gasteiger partial charge in [-0.3, -0.25) is 0 Å². The van der Waals surface area contributed by atoms with Crippen LogP contribution in [0.1, 0.15) is 46.4 Å². The van der Waals surface area contributed by atoms with Gasteiger partial charge in [-0.2, -0.15) is 13.2 Å². The van der Waals surface area contributed by atoms with Gasteiger partial charge in [0.2, 0.25) is 0 Å². The van der Waals surface area contributed by atoms with Crippen LogP contribution in [0.4, 0.5) is 24.1 Å². The molecule has 0 spiro atoms. The van der Waals surface area contributed by atoms with E-state index in [9.17, 15) is 13.2 Å². The molecular weight excluding hydrogens is 399 g/mol. The van der Waals surface area contributed by atoms with Crippen molar-refractivity contribution in [3.8, 4) is 0 Å². The van der Waals surface area contributed by atoms with E-state index in [4.69, 9.17) is 0 Å². The number of hydrogen-bond donors (Lipinski definition) is 2. The average Bonchev–Trinajstić information content (AvgIpc) is 3.33. The highest BCUT2D eigenvalue weighted by Gasteiger charge is 2.30. The molecule has 1 aliphatic rings. The number of halogens is 3. The van der Waals surface area contributed by atoms with Crippen molar-refractivity contribution in [3.05, 3.63) is 64.1 Å². The lowest BCUT2D eigenvalue weighted by molar-refractivity contribution is -0.137. The van der Waals surface area contributed by atoms with Gasteiger partial charge < -0.3 is 10.6 Å². The van der Waals surface area contributed by atoms with Crippen LogP contribution in [0.25, 0.3) is 0 Å². The van der Waals surface area contributed by atoms with Gasteiger partial charge in [-0.25, -0.2) is 15.0 Å². The van der Waals surface area contributed by atoms with Crippen molar-refractivity contribution in [3.63, 3.8) is 0 Å². The molecule has 1 fully saturated rings. The third-order valence-electron chi connectivity index (χ3n) is 4.66. The van der Waals surface area contributed by atoms with Crippen LogP contribution in [0.2, 0.25) is 0 Å². The van der Waals surface area contributed by atoms with E-state index in [1.807, 2.05) is 13.0 Å². The van der Waals surface area contributed by atoms with Crippen molar-refractivity contribution in [1.29, 1.82) is 0 Å². The van der Waals surface area contributed by atoms with E-state index >= 15 is 0 Å². The molecule has 3 heterocycles. The predicted octanol–water partition coefficient (Wildman–Crippen LogP) is 5.02. The topological polar surface area (TPSA) is 62.7 Å². The van der Waals surface area contributed by atoms with Crippen LogP contribution >= 0.6 is 11.3 Å². The largest absolute Gasteiger partial charge is 0.416 e. The molecule has 1 unspecified atom stereocenters. The lowest BCUT2D eigenvalue weighted by Crippen LogP contribution is -2.16. The number of thiazole rings is 1. The first kappa shape index (κ1) is 19.8. The molecule has 2 N–H and O–H groups in total. The van der Waals surface area contributed by atoms with Gasteiger partial charge in [0.15, 0.2) is 5.13 Å². The van der Waals surface area contributed by atoms with Gasteiger partial charge in [-0.15, -0.1) is 11.3 Å². The van der Waals surface area contributed by atoms with Crippen LogP contribution < -0.4 is 10.6 Å². The molecular formula is C20H20F3N5S. The molecule has 1 saturated heterocycles. The van der Waals surface area contributed by atoms with Crippen LogP contribution in [-0.2, 0) is 12.6 Å². The summed E-state index contributed by atoms with van der Waals surface area (Å²) in [5.74, 6) is 1.44. The minimum absolute atomic E-state index is 0.170. The van der Waals surface area contributed by atoms with Gasteiger partial charge in [-0.1, -0.05) is 18.2 Å². The van der Waals surface area contributed by atoms with E-state index in [0.29, 0.717) is 22.9 Å². The van der Waals surface area contributed by atoms with Crippen molar-refractivity contribution < 1.29 is 13.2 Å². The second-order valence-electron chi connectivity index (χ2n) is 7.03. The summed E-state index contributed by atoms with van der Waals surface area (Å²) in [6.07, 6.45) is -0.144. The van der Waals surface area contributed by atoms with E-state index in [-0.39, 0.29) is 6.04 Å². The van der Waals surface area contributed by atoms with E-state index in [1.165, 1.54) is 23.5 Å². The first-order valence-corrected chi connectivity index (χ1v) is 10.2. The second-order valence-corrected chi connectivity index (χ2v) is 8.15. The van der Waals surface area contributed by atoms with Crippen molar-refractivity contribution in [2.24, 2.45) is 0 Å². The summed E-state index contributed by atoms with van der Waals surface area (Å²) in [6, 6.07) is 7.41. The molecule has 0 bridgehead atoms. The third-order valence-corrected chi connectivity index (χ3v) is 5.58. The maximum absolute atomic E-state index is 12.9. The molecule has 4 rings (SSSR count). The van der Waals surface area contributed by atoms with E-state index in [2.05, 4.69) is 25.6 Å². The quantitative estimate of drug-likeness (QED) is 0.608. The number of anilines is 2. The first-order valence-electron chi connectivity index (χ1n) is 9.34. The summed E-state index contributed by atoms with van der Waals surface area (Å²) in [4.78, 5) is 14.3. The van der Waals surface area contributed by atoms with Gasteiger partial charge >= 0.3 is 6.18 Å². The highest BCUT2D eigenvalue weighted by molar-refractivity contribution is 7.15. The number of aromatic nitrogens is 3. The predicted molar refractivity (Wildman–Crippen MR) is 106 cm³/mol. The smallest absolute Gasteiger partial charge is 0.316 e. The molecule has 0 saturated carbocycles. The van der Waals surface area contributed by atoms with Crippen LogP contribution in [0.3, 0.4) is 0 Å². The van der Waals surface area contributed by atoms with Gasteiger partial charge in [-0.05, 0) is 37.9 Å². The molecule has 0 radical (unpaired) electrons. The summed E-state index contributed by atoms with van der Waals surface area (Å²) >= 11 is 1.40. The first-order chi connectivity index (χ1) is 13.9. The van der Waals surface area contributed by atoms with Crippen molar-refractivity contribution in [1.82, 2.24) is 20.3 Å². The summed E-state index contributed by atoms with van der Waals surface area (Å²) in [6.45, 7) is 2.89. The summed E-state index contributed by atoms with van der Waals surface area (Å²) in [5, 5.41) is 7.24. The molecule has 0 amide bonds. The number of hydrogen-bond acceptors (Lipinski definition) is 6. The number of aryl methyl sites for hydroxylation is 1. The Morgan fingerprint density at radius 1 is 1.24 bits per heavy atom. The lowest BCUT2D eigenvalue weighted by Gasteiger charge is -2.11. The van der Waals surface area contributed by atoms with Gasteiger partial charge in [0, 0.05) is 29.3 Å². The Labute approximate surface area is 170 Å². The van der Waals surface area contributed by atoms with E-state index < -0.39 is 11.7 Å². The summed E-state index contributed by atoms with van der Waals surface area (Å²) < 4.78 is 38.7. The maximum Gasteiger partial charge on any atom is 0.416 e. The Hall–Kier alpha value is -2.52. The van der Waals surface area contributed by atoms with Gasteiger partial charge in [0.1, 0.15) is 11.6 Å². The molecule has 1 aliphatic heterocycles. The van der Waals surface area contributed by atoms with Crippen molar-refractivity contribution in [2.45, 2.75) is 38.4 Å². The standard InChI is InChI=1S/C20H20F3N5S/c1-12-8-17(27-18(26-12)16-6-3-7-24-16)28-19-25-11-15(29-19)10-13-4-2-5-14(9-13)20(21,22)23/h2,4-5,8-9,11,16,24H,3,6-7,10H2,1H3,(H,25,26,27,28). The number of alkyl halides is 3. The van der Waals surface area contributed by atoms with Crippen LogP contribution in [0, 0.1) is 6.92 Å². The van der Waals surface area contributed by atoms with Crippen LogP contribution in [0.5, 0.6) is 0 Å². The zero-order chi connectivity index (χ0) is 20.4. The summed E-state index contributed by atoms with van der Waals surface area (Å²) in [5.41, 5.74) is 0.830. The Morgan fingerprint density at radius 2 is 2.10 bits per heavy atom. The monoisotopic (exact) mass is 419 g/mol. The highest BCUT2D eigenvalue weighted by Crippen LogP contribution is 2.31. The number of rotatable bonds is 5. The Morgan fingerprint density at radius 3 is 2.86 bits per heavy atom. The number of nitrogens with one attached hydrogen (secondary N) is 2. The zero-order valence-electron chi connectivity index (χ0n) is 15.8. The lowest BCUT2D eigenvalue weighted by atomic mass is 10.1. The molecule has 0 aliphatic carbocycles. The molecule has 3 aromatic rings. The molecule has 5 nitrogen and oxygen atoms in total. The minimum Gasteiger partial charge on any atom is -0.316 e. The van der Waals surface area contributed by atoms with Crippen LogP contribution in [-0.4, -0.2) is 21.5 Å². The fraction of sp³-hybridized carbons (Fsp3) is 0.350. The summed E-state index contributed by atoms with van der Waals surface area (Å²) in [7, 11) is 0. The molecule has 1 aromatic carbocycles. The Balaban J connectivity index is 1.47. The number of benzene rings is 1. The van der Waals surface area contributed by atoms with E-state index in [1.54, 1.807) is 12.3 Å². The van der Waals surface area contributed by atoms with Crippen molar-refractivity contribution >= 4 is 22.3 Å². The third kappa shape index (κ3) is 4.91. The average molecular weight is 419 g/mol. The number of nitrogens with zero attached hydrogens (tertiary/aromatic N) is 3. The molecule has 2 aromatic heterocycles. The highest BCUT2D eigenvalue weighted by atomic mass is 32.1. The fourth-order valence-electron chi connectivity index (χ4n) is 3.33. The van der Waals surface area contributed by atoms with Crippen LogP contribution in [0.15, 0.2) is 36.5 Å². The Bertz CT molecular complexity index is 996. The van der Waals surface area contributed by atoms with Gasteiger partial charge in [0.05, 0.1) is 11.6 Å². The Kier molecular flexibility index (Phi) is 5.51. The molecule has 1 atom stereocenters. The zero-order valence-corrected chi connectivity index (χ0v) is 16.6. The normalized spacial score (nSPS) is 16.9. The second kappa shape index (κ2) is 8.08. The minimum atomic E-state index is -4.34. The van der Waals surface area contributed by atoms with Gasteiger partial charge in [0.25, 0.3) is 0 Å². The van der Waals surface area contributed by atoms with Crippen molar-refractivity contribution in [2.75, 3.05) is 11.9 Å². The maximum atomic E-state index is 12.9. The fourth-order valence-corrected chi connectivity index (χ4v) is 4.19. The molecule has 29 heavy (non-hydrogen) atoms.